The maximum atomic E-state index is 12.5. The van der Waals surface area contributed by atoms with E-state index in [1.807, 2.05) is 30.3 Å². The van der Waals surface area contributed by atoms with Gasteiger partial charge in [0.05, 0.1) is 5.56 Å². The largest absolute Gasteiger partial charge is 0.416 e. The molecular weight excluding hydrogens is 333 g/mol. The van der Waals surface area contributed by atoms with Gasteiger partial charge in [-0.2, -0.15) is 13.2 Å². The Kier molecular flexibility index (Phi) is 5.80. The fourth-order valence-corrected chi connectivity index (χ4v) is 2.17. The van der Waals surface area contributed by atoms with Crippen molar-refractivity contribution in [3.05, 3.63) is 65.7 Å². The fraction of sp³-hybridized carbons (Fsp3) is 0.222. The molecule has 2 amide bonds. The molecule has 7 heteroatoms. The summed E-state index contributed by atoms with van der Waals surface area (Å²) >= 11 is 0. The van der Waals surface area contributed by atoms with E-state index < -0.39 is 17.6 Å². The monoisotopic (exact) mass is 350 g/mol. The Morgan fingerprint density at radius 3 is 2.16 bits per heavy atom. The number of alkyl halides is 3. The number of carbonyl (C=O) groups is 2. The van der Waals surface area contributed by atoms with Gasteiger partial charge in [-0.1, -0.05) is 30.3 Å². The molecule has 1 N–H and O–H groups in total. The van der Waals surface area contributed by atoms with Crippen molar-refractivity contribution in [1.29, 1.82) is 0 Å². The molecule has 2 aromatic carbocycles. The first kappa shape index (κ1) is 18.5. The summed E-state index contributed by atoms with van der Waals surface area (Å²) in [6.45, 7) is 0.368. The number of anilines is 1. The Balaban J connectivity index is 1.88. The van der Waals surface area contributed by atoms with E-state index in [4.69, 9.17) is 0 Å². The second-order valence-electron chi connectivity index (χ2n) is 5.54. The first-order chi connectivity index (χ1) is 11.8. The van der Waals surface area contributed by atoms with E-state index in [1.54, 1.807) is 7.05 Å². The molecule has 0 aliphatic rings. The van der Waals surface area contributed by atoms with Crippen LogP contribution >= 0.6 is 0 Å². The van der Waals surface area contributed by atoms with Crippen LogP contribution in [-0.4, -0.2) is 23.8 Å². The number of nitrogens with zero attached hydrogens (tertiary/aromatic N) is 1. The van der Waals surface area contributed by atoms with Gasteiger partial charge in [0.25, 0.3) is 0 Å². The zero-order valence-corrected chi connectivity index (χ0v) is 13.5. The minimum atomic E-state index is -4.43. The average molecular weight is 350 g/mol. The van der Waals surface area contributed by atoms with Crippen LogP contribution in [0.5, 0.6) is 0 Å². The SMILES string of the molecule is CN(Cc1ccccc1)C(=O)CC(=O)Nc1ccc(C(F)(F)F)cc1. The third-order valence-electron chi connectivity index (χ3n) is 3.50. The molecule has 0 unspecified atom stereocenters. The van der Waals surface area contributed by atoms with E-state index in [2.05, 4.69) is 5.32 Å². The molecule has 0 radical (unpaired) electrons. The Bertz CT molecular complexity index is 728. The summed E-state index contributed by atoms with van der Waals surface area (Å²) < 4.78 is 37.5. The first-order valence-corrected chi connectivity index (χ1v) is 7.50. The minimum absolute atomic E-state index is 0.205. The molecule has 0 saturated heterocycles. The van der Waals surface area contributed by atoms with E-state index in [-0.39, 0.29) is 18.0 Å². The minimum Gasteiger partial charge on any atom is -0.341 e. The van der Waals surface area contributed by atoms with Crippen molar-refractivity contribution in [2.24, 2.45) is 0 Å². The van der Waals surface area contributed by atoms with Crippen LogP contribution in [0.3, 0.4) is 0 Å². The van der Waals surface area contributed by atoms with Gasteiger partial charge < -0.3 is 10.2 Å². The molecule has 25 heavy (non-hydrogen) atoms. The molecule has 132 valence electrons. The molecule has 0 aliphatic carbocycles. The zero-order chi connectivity index (χ0) is 18.4. The lowest BCUT2D eigenvalue weighted by Crippen LogP contribution is -2.30. The van der Waals surface area contributed by atoms with Gasteiger partial charge in [-0.15, -0.1) is 0 Å². The van der Waals surface area contributed by atoms with Crippen LogP contribution in [0.4, 0.5) is 18.9 Å². The van der Waals surface area contributed by atoms with Crippen LogP contribution in [0, 0.1) is 0 Å². The highest BCUT2D eigenvalue weighted by Gasteiger charge is 2.30. The van der Waals surface area contributed by atoms with E-state index in [9.17, 15) is 22.8 Å². The number of benzene rings is 2. The summed E-state index contributed by atoms with van der Waals surface area (Å²) in [5.74, 6) is -0.960. The third kappa shape index (κ3) is 5.63. The number of halogens is 3. The van der Waals surface area contributed by atoms with Gasteiger partial charge in [0.15, 0.2) is 0 Å². The van der Waals surface area contributed by atoms with E-state index in [0.717, 1.165) is 29.8 Å². The van der Waals surface area contributed by atoms with Crippen molar-refractivity contribution in [3.63, 3.8) is 0 Å². The Hall–Kier alpha value is -2.83. The second-order valence-corrected chi connectivity index (χ2v) is 5.54. The lowest BCUT2D eigenvalue weighted by Gasteiger charge is -2.17. The Morgan fingerprint density at radius 1 is 1.00 bits per heavy atom. The van der Waals surface area contributed by atoms with Crippen LogP contribution in [0.1, 0.15) is 17.5 Å². The molecule has 0 saturated carbocycles. The van der Waals surface area contributed by atoms with Gasteiger partial charge in [0.2, 0.25) is 11.8 Å². The normalized spacial score (nSPS) is 11.0. The van der Waals surface area contributed by atoms with E-state index >= 15 is 0 Å². The molecule has 4 nitrogen and oxygen atoms in total. The molecule has 2 rings (SSSR count). The van der Waals surface area contributed by atoms with Crippen molar-refractivity contribution in [2.75, 3.05) is 12.4 Å². The maximum absolute atomic E-state index is 12.5. The third-order valence-corrected chi connectivity index (χ3v) is 3.50. The van der Waals surface area contributed by atoms with Gasteiger partial charge in [-0.3, -0.25) is 9.59 Å². The predicted octanol–water partition coefficient (Wildman–Crippen LogP) is 3.69. The highest BCUT2D eigenvalue weighted by molar-refractivity contribution is 6.03. The summed E-state index contributed by atoms with van der Waals surface area (Å²) in [6.07, 6.45) is -4.82. The van der Waals surface area contributed by atoms with Crippen LogP contribution in [0.15, 0.2) is 54.6 Å². The van der Waals surface area contributed by atoms with Crippen LogP contribution in [0.2, 0.25) is 0 Å². The van der Waals surface area contributed by atoms with Crippen molar-refractivity contribution in [2.45, 2.75) is 19.1 Å². The first-order valence-electron chi connectivity index (χ1n) is 7.50. The summed E-state index contributed by atoms with van der Waals surface area (Å²) in [7, 11) is 1.58. The lowest BCUT2D eigenvalue weighted by atomic mass is 10.2. The summed E-state index contributed by atoms with van der Waals surface area (Å²) in [5, 5.41) is 2.42. The molecule has 0 fully saturated rings. The highest BCUT2D eigenvalue weighted by atomic mass is 19.4. The molecule has 0 bridgehead atoms. The van der Waals surface area contributed by atoms with Crippen LogP contribution < -0.4 is 5.32 Å². The molecule has 0 aromatic heterocycles. The molecule has 2 aromatic rings. The Labute approximate surface area is 143 Å². The number of nitrogens with one attached hydrogen (secondary N) is 1. The molecule has 0 atom stereocenters. The quantitative estimate of drug-likeness (QED) is 0.836. The Morgan fingerprint density at radius 2 is 1.60 bits per heavy atom. The van der Waals surface area contributed by atoms with Crippen molar-refractivity contribution >= 4 is 17.5 Å². The zero-order valence-electron chi connectivity index (χ0n) is 13.5. The van der Waals surface area contributed by atoms with Crippen molar-refractivity contribution in [1.82, 2.24) is 4.90 Å². The number of hydrogen-bond donors (Lipinski definition) is 1. The smallest absolute Gasteiger partial charge is 0.341 e. The number of carbonyl (C=O) groups excluding carboxylic acids is 2. The number of rotatable bonds is 5. The molecule has 0 heterocycles. The molecular formula is C18H17F3N2O2. The summed E-state index contributed by atoms with van der Waals surface area (Å²) in [5.41, 5.74) is 0.335. The van der Waals surface area contributed by atoms with Gasteiger partial charge in [-0.25, -0.2) is 0 Å². The van der Waals surface area contributed by atoms with Gasteiger partial charge >= 0.3 is 6.18 Å². The van der Waals surface area contributed by atoms with Crippen LogP contribution in [-0.2, 0) is 22.3 Å². The predicted molar refractivity (Wildman–Crippen MR) is 87.6 cm³/mol. The molecule has 0 aliphatic heterocycles. The maximum Gasteiger partial charge on any atom is 0.416 e. The summed E-state index contributed by atoms with van der Waals surface area (Å²) in [6, 6.07) is 13.4. The van der Waals surface area contributed by atoms with Gasteiger partial charge in [0.1, 0.15) is 6.42 Å². The number of hydrogen-bond acceptors (Lipinski definition) is 2. The topological polar surface area (TPSA) is 49.4 Å². The summed E-state index contributed by atoms with van der Waals surface area (Å²) in [4.78, 5) is 25.3. The van der Waals surface area contributed by atoms with E-state index in [0.29, 0.717) is 6.54 Å². The lowest BCUT2D eigenvalue weighted by molar-refractivity contribution is -0.137. The highest BCUT2D eigenvalue weighted by Crippen LogP contribution is 2.29. The van der Waals surface area contributed by atoms with Crippen LogP contribution in [0.25, 0.3) is 0 Å². The van der Waals surface area contributed by atoms with Crippen molar-refractivity contribution in [3.8, 4) is 0 Å². The molecule has 0 spiro atoms. The standard InChI is InChI=1S/C18H17F3N2O2/c1-23(12-13-5-3-2-4-6-13)17(25)11-16(24)22-15-9-7-14(8-10-15)18(19,20)21/h2-10H,11-12H2,1H3,(H,22,24). The van der Waals surface area contributed by atoms with Crippen molar-refractivity contribution < 1.29 is 22.8 Å². The fourth-order valence-electron chi connectivity index (χ4n) is 2.17. The average Bonchev–Trinajstić information content (AvgIpc) is 2.55. The van der Waals surface area contributed by atoms with Gasteiger partial charge in [-0.05, 0) is 29.8 Å². The second kappa shape index (κ2) is 7.83. The van der Waals surface area contributed by atoms with E-state index in [1.165, 1.54) is 4.90 Å². The van der Waals surface area contributed by atoms with Gasteiger partial charge in [0, 0.05) is 19.3 Å². The number of amides is 2.